The fraction of sp³-hybridized carbons (Fsp3) is 0.423. The number of amides is 1. The van der Waals surface area contributed by atoms with Crippen molar-refractivity contribution in [2.24, 2.45) is 0 Å². The third-order valence-corrected chi connectivity index (χ3v) is 7.16. The Bertz CT molecular complexity index is 1320. The molecule has 1 amide bonds. The van der Waals surface area contributed by atoms with Gasteiger partial charge in [0.1, 0.15) is 0 Å². The van der Waals surface area contributed by atoms with Crippen molar-refractivity contribution in [3.63, 3.8) is 0 Å². The van der Waals surface area contributed by atoms with Crippen LogP contribution in [0.5, 0.6) is 11.5 Å². The average molecular weight is 496 g/mol. The number of benzene rings is 2. The number of carbonyl (C=O) groups excluding carboxylic acids is 1. The van der Waals surface area contributed by atoms with Gasteiger partial charge in [-0.3, -0.25) is 14.2 Å². The first kappa shape index (κ1) is 23.6. The maximum Gasteiger partial charge on any atom is 0.262 e. The van der Waals surface area contributed by atoms with E-state index in [4.69, 9.17) is 21.7 Å². The fourth-order valence-corrected chi connectivity index (χ4v) is 5.11. The molecule has 1 fully saturated rings. The number of H-pyrrole nitrogens is 1. The summed E-state index contributed by atoms with van der Waals surface area (Å²) < 4.78 is 12.6. The summed E-state index contributed by atoms with van der Waals surface area (Å²) in [7, 11) is 0. The first-order valence-corrected chi connectivity index (χ1v) is 12.8. The largest absolute Gasteiger partial charge is 0.454 e. The van der Waals surface area contributed by atoms with Crippen molar-refractivity contribution in [2.75, 3.05) is 33.0 Å². The molecule has 1 aromatic heterocycles. The first-order chi connectivity index (χ1) is 17.1. The Morgan fingerprint density at radius 3 is 2.51 bits per heavy atom. The Kier molecular flexibility index (Phi) is 7.15. The van der Waals surface area contributed by atoms with Crippen molar-refractivity contribution in [1.29, 1.82) is 0 Å². The number of likely N-dealkylation sites (tertiary alicyclic amines) is 1. The summed E-state index contributed by atoms with van der Waals surface area (Å²) in [4.78, 5) is 30.4. The maximum absolute atomic E-state index is 13.1. The summed E-state index contributed by atoms with van der Waals surface area (Å²) in [5.41, 5.74) is 1.91. The second kappa shape index (κ2) is 10.6. The van der Waals surface area contributed by atoms with Crippen molar-refractivity contribution in [3.05, 3.63) is 62.6 Å². The summed E-state index contributed by atoms with van der Waals surface area (Å²) in [6.07, 6.45) is 6.32. The molecule has 2 aliphatic rings. The van der Waals surface area contributed by atoms with Gasteiger partial charge >= 0.3 is 0 Å². The van der Waals surface area contributed by atoms with E-state index < -0.39 is 0 Å². The molecule has 35 heavy (non-hydrogen) atoms. The van der Waals surface area contributed by atoms with Gasteiger partial charge in [-0.2, -0.15) is 0 Å². The van der Waals surface area contributed by atoms with E-state index >= 15 is 0 Å². The Morgan fingerprint density at radius 1 is 1.06 bits per heavy atom. The van der Waals surface area contributed by atoms with Crippen molar-refractivity contribution >= 4 is 29.0 Å². The van der Waals surface area contributed by atoms with E-state index in [2.05, 4.69) is 10.3 Å². The van der Waals surface area contributed by atoms with Gasteiger partial charge in [-0.25, -0.2) is 0 Å². The minimum Gasteiger partial charge on any atom is -0.454 e. The molecule has 1 saturated heterocycles. The standard InChI is InChI=1S/C26H30N4O4S/c31-24(27-10-5-13-29-11-3-1-2-4-12-29)19-8-6-18(7-9-19)16-30-25(32)20-14-22-23(34-17-33-22)15-21(20)28-26(30)35/h6-9,14-15H,1-5,10-13,16-17H2,(H,27,31)(H,28,35)/p+1. The van der Waals surface area contributed by atoms with Crippen LogP contribution in [-0.4, -0.2) is 48.4 Å². The lowest BCUT2D eigenvalue weighted by Gasteiger charge is -2.16. The average Bonchev–Trinajstić information content (AvgIpc) is 3.16. The zero-order chi connectivity index (χ0) is 24.2. The number of ether oxygens (including phenoxy) is 2. The first-order valence-electron chi connectivity index (χ1n) is 12.4. The van der Waals surface area contributed by atoms with E-state index in [0.717, 1.165) is 18.5 Å². The lowest BCUT2D eigenvalue weighted by Crippen LogP contribution is -3.11. The molecule has 0 unspecified atom stereocenters. The predicted octanol–water partition coefficient (Wildman–Crippen LogP) is 2.41. The Morgan fingerprint density at radius 2 is 1.77 bits per heavy atom. The molecular weight excluding hydrogens is 464 g/mol. The molecule has 2 aliphatic heterocycles. The van der Waals surface area contributed by atoms with Crippen LogP contribution in [0.25, 0.3) is 10.9 Å². The maximum atomic E-state index is 13.1. The van der Waals surface area contributed by atoms with E-state index in [9.17, 15) is 9.59 Å². The molecular formula is C26H31N4O4S+. The minimum atomic E-state index is -0.199. The molecule has 9 heteroatoms. The molecule has 3 heterocycles. The number of hydrogen-bond donors (Lipinski definition) is 3. The molecule has 184 valence electrons. The van der Waals surface area contributed by atoms with Gasteiger partial charge in [0.25, 0.3) is 11.5 Å². The molecule has 0 atom stereocenters. The number of nitrogens with one attached hydrogen (secondary N) is 3. The summed E-state index contributed by atoms with van der Waals surface area (Å²) in [6.45, 7) is 4.75. The van der Waals surface area contributed by atoms with Crippen LogP contribution in [0, 0.1) is 4.77 Å². The number of quaternary nitrogens is 1. The van der Waals surface area contributed by atoms with Crippen LogP contribution in [0.4, 0.5) is 0 Å². The smallest absolute Gasteiger partial charge is 0.262 e. The SMILES string of the molecule is O=C(NCCC[NH+]1CCCCCC1)c1ccc(Cn2c(=S)[nH]c3cc4c(cc3c2=O)OCO4)cc1. The second-order valence-electron chi connectivity index (χ2n) is 9.29. The molecule has 2 aromatic carbocycles. The van der Waals surface area contributed by atoms with Crippen LogP contribution in [0.1, 0.15) is 48.0 Å². The number of aromatic amines is 1. The summed E-state index contributed by atoms with van der Waals surface area (Å²) in [6, 6.07) is 10.7. The van der Waals surface area contributed by atoms with Gasteiger partial charge in [0.2, 0.25) is 6.79 Å². The molecule has 3 N–H and O–H groups in total. The van der Waals surface area contributed by atoms with Gasteiger partial charge < -0.3 is 24.7 Å². The third-order valence-electron chi connectivity index (χ3n) is 6.84. The van der Waals surface area contributed by atoms with Crippen LogP contribution in [-0.2, 0) is 6.54 Å². The van der Waals surface area contributed by atoms with Crippen molar-refractivity contribution in [1.82, 2.24) is 14.9 Å². The predicted molar refractivity (Wildman–Crippen MR) is 136 cm³/mol. The lowest BCUT2D eigenvalue weighted by molar-refractivity contribution is -0.899. The van der Waals surface area contributed by atoms with Crippen molar-refractivity contribution in [2.45, 2.75) is 38.6 Å². The Balaban J connectivity index is 1.20. The number of fused-ring (bicyclic) bond motifs is 2. The molecule has 5 rings (SSSR count). The minimum absolute atomic E-state index is 0.0707. The van der Waals surface area contributed by atoms with E-state index in [1.807, 2.05) is 12.1 Å². The lowest BCUT2D eigenvalue weighted by atomic mass is 10.1. The summed E-state index contributed by atoms with van der Waals surface area (Å²) >= 11 is 5.44. The Hall–Kier alpha value is -3.17. The topological polar surface area (TPSA) is 89.8 Å². The number of hydrogen-bond acceptors (Lipinski definition) is 5. The quantitative estimate of drug-likeness (QED) is 0.346. The van der Waals surface area contributed by atoms with E-state index in [0.29, 0.717) is 45.8 Å². The summed E-state index contributed by atoms with van der Waals surface area (Å²) in [5, 5.41) is 3.52. The highest BCUT2D eigenvalue weighted by atomic mass is 32.1. The highest BCUT2D eigenvalue weighted by Gasteiger charge is 2.17. The molecule has 0 spiro atoms. The summed E-state index contributed by atoms with van der Waals surface area (Å²) in [5.74, 6) is 1.07. The van der Waals surface area contributed by atoms with Crippen LogP contribution >= 0.6 is 12.2 Å². The monoisotopic (exact) mass is 495 g/mol. The second-order valence-corrected chi connectivity index (χ2v) is 9.68. The molecule has 3 aromatic rings. The van der Waals surface area contributed by atoms with Crippen LogP contribution in [0.15, 0.2) is 41.2 Å². The number of rotatable bonds is 7. The van der Waals surface area contributed by atoms with Crippen molar-refractivity contribution in [3.8, 4) is 11.5 Å². The number of aromatic nitrogens is 2. The molecule has 0 saturated carbocycles. The van der Waals surface area contributed by atoms with E-state index in [1.165, 1.54) is 43.3 Å². The van der Waals surface area contributed by atoms with Crippen LogP contribution in [0.3, 0.4) is 0 Å². The fourth-order valence-electron chi connectivity index (χ4n) is 4.85. The zero-order valence-corrected chi connectivity index (χ0v) is 20.5. The van der Waals surface area contributed by atoms with Gasteiger partial charge in [0, 0.05) is 24.6 Å². The molecule has 0 radical (unpaired) electrons. The van der Waals surface area contributed by atoms with E-state index in [-0.39, 0.29) is 18.3 Å². The van der Waals surface area contributed by atoms with Gasteiger partial charge in [-0.15, -0.1) is 0 Å². The van der Waals surface area contributed by atoms with Gasteiger partial charge in [0.05, 0.1) is 37.1 Å². The normalized spacial score (nSPS) is 15.8. The Labute approximate surface area is 208 Å². The highest BCUT2D eigenvalue weighted by molar-refractivity contribution is 7.71. The number of nitrogens with zero attached hydrogens (tertiary/aromatic N) is 1. The molecule has 8 nitrogen and oxygen atoms in total. The third kappa shape index (κ3) is 5.41. The molecule has 0 aliphatic carbocycles. The van der Waals surface area contributed by atoms with Gasteiger partial charge in [-0.05, 0) is 61.7 Å². The number of carbonyl (C=O) groups is 1. The van der Waals surface area contributed by atoms with Crippen LogP contribution < -0.4 is 25.2 Å². The highest BCUT2D eigenvalue weighted by Crippen LogP contribution is 2.34. The van der Waals surface area contributed by atoms with E-state index in [1.54, 1.807) is 29.2 Å². The molecule has 0 bridgehead atoms. The van der Waals surface area contributed by atoms with Gasteiger partial charge in [0.15, 0.2) is 16.3 Å². The van der Waals surface area contributed by atoms with Crippen molar-refractivity contribution < 1.29 is 19.2 Å². The zero-order valence-electron chi connectivity index (χ0n) is 19.7. The van der Waals surface area contributed by atoms with Gasteiger partial charge in [-0.1, -0.05) is 12.1 Å². The van der Waals surface area contributed by atoms with Crippen LogP contribution in [0.2, 0.25) is 0 Å².